The summed E-state index contributed by atoms with van der Waals surface area (Å²) < 4.78 is 34.6. The maximum atomic E-state index is 13.3. The molecule has 14 N–H and O–H groups in total. The molecule has 468 valence electrons. The Labute approximate surface area is 473 Å². The number of nitrogens with one attached hydrogen (secondary N) is 2. The van der Waals surface area contributed by atoms with Gasteiger partial charge in [-0.15, -0.1) is 0 Å². The normalized spacial score (nSPS) is 30.7. The number of carboxylic acid groups (broad SMARTS) is 1. The Balaban J connectivity index is 1.65. The van der Waals surface area contributed by atoms with E-state index in [1.165, 1.54) is 89.9 Å². The van der Waals surface area contributed by atoms with Crippen molar-refractivity contribution in [3.05, 3.63) is 12.2 Å². The minimum atomic E-state index is -3.08. The highest BCUT2D eigenvalue weighted by atomic mass is 16.8. The van der Waals surface area contributed by atoms with Gasteiger partial charge in [-0.05, 0) is 19.3 Å². The number of amides is 2. The molecule has 3 fully saturated rings. The van der Waals surface area contributed by atoms with Crippen LogP contribution in [-0.2, 0) is 42.8 Å². The molecule has 80 heavy (non-hydrogen) atoms. The maximum absolute atomic E-state index is 13.3. The zero-order chi connectivity index (χ0) is 59.0. The minimum absolute atomic E-state index is 0.204. The molecule has 0 aromatic rings. The number of unbranched alkanes of at least 4 members (excludes halogenated alkanes) is 23. The second kappa shape index (κ2) is 39.9. The van der Waals surface area contributed by atoms with Crippen LogP contribution in [-0.4, -0.2) is 215 Å². The summed E-state index contributed by atoms with van der Waals surface area (Å²) in [6.07, 6.45) is 3.06. The lowest BCUT2D eigenvalue weighted by Crippen LogP contribution is -2.70. The first-order valence-electron chi connectivity index (χ1n) is 30.1. The fourth-order valence-corrected chi connectivity index (χ4v) is 10.6. The molecular formula is C57H104N2O21. The Morgan fingerprint density at radius 3 is 1.66 bits per heavy atom. The molecule has 3 aliphatic heterocycles. The molecule has 3 aliphatic rings. The van der Waals surface area contributed by atoms with Crippen LogP contribution in [0.5, 0.6) is 0 Å². The van der Waals surface area contributed by atoms with Crippen molar-refractivity contribution >= 4 is 17.8 Å². The van der Waals surface area contributed by atoms with Gasteiger partial charge in [0.05, 0.1) is 50.7 Å². The summed E-state index contributed by atoms with van der Waals surface area (Å²) in [4.78, 5) is 38.3. The molecule has 18 atom stereocenters. The van der Waals surface area contributed by atoms with Crippen molar-refractivity contribution < 1.29 is 104 Å². The summed E-state index contributed by atoms with van der Waals surface area (Å²) in [6, 6.07) is -2.61. The van der Waals surface area contributed by atoms with Gasteiger partial charge >= 0.3 is 5.97 Å². The van der Waals surface area contributed by atoms with Crippen LogP contribution < -0.4 is 10.6 Å². The van der Waals surface area contributed by atoms with Crippen LogP contribution in [0.3, 0.4) is 0 Å². The van der Waals surface area contributed by atoms with E-state index in [-0.39, 0.29) is 12.3 Å². The predicted molar refractivity (Wildman–Crippen MR) is 292 cm³/mol. The number of carbonyl (C=O) groups excluding carboxylic acids is 2. The van der Waals surface area contributed by atoms with Gasteiger partial charge in [-0.1, -0.05) is 167 Å². The molecule has 0 spiro atoms. The smallest absolute Gasteiger partial charge is 0.364 e. The summed E-state index contributed by atoms with van der Waals surface area (Å²) in [5, 5.41) is 135. The van der Waals surface area contributed by atoms with Crippen molar-refractivity contribution in [3.63, 3.8) is 0 Å². The van der Waals surface area contributed by atoms with E-state index in [0.717, 1.165) is 64.7 Å². The predicted octanol–water partition coefficient (Wildman–Crippen LogP) is 2.39. The molecule has 0 aromatic carbocycles. The van der Waals surface area contributed by atoms with Crippen LogP contribution in [0, 0.1) is 0 Å². The number of carboxylic acids is 1. The zero-order valence-electron chi connectivity index (χ0n) is 47.9. The number of aliphatic hydroxyl groups is 11. The van der Waals surface area contributed by atoms with E-state index in [2.05, 4.69) is 24.5 Å². The highest BCUT2D eigenvalue weighted by Crippen LogP contribution is 2.38. The van der Waals surface area contributed by atoms with Crippen LogP contribution in [0.1, 0.15) is 194 Å². The molecule has 0 saturated carbocycles. The van der Waals surface area contributed by atoms with E-state index in [0.29, 0.717) is 12.8 Å². The molecule has 18 unspecified atom stereocenters. The summed E-state index contributed by atoms with van der Waals surface area (Å²) >= 11 is 0. The first-order valence-corrected chi connectivity index (χ1v) is 30.1. The molecule has 0 aromatic heterocycles. The van der Waals surface area contributed by atoms with E-state index in [9.17, 15) is 75.7 Å². The van der Waals surface area contributed by atoms with Crippen LogP contribution in [0.4, 0.5) is 0 Å². The van der Waals surface area contributed by atoms with Crippen LogP contribution in [0.2, 0.25) is 0 Å². The molecule has 3 heterocycles. The van der Waals surface area contributed by atoms with Gasteiger partial charge in [-0.2, -0.15) is 0 Å². The monoisotopic (exact) mass is 1150 g/mol. The molecular weight excluding hydrogens is 1050 g/mol. The second-order valence-electron chi connectivity index (χ2n) is 22.2. The van der Waals surface area contributed by atoms with E-state index < -0.39 is 155 Å². The quantitative estimate of drug-likeness (QED) is 0.0308. The third-order valence-corrected chi connectivity index (χ3v) is 15.5. The van der Waals surface area contributed by atoms with Gasteiger partial charge in [0.25, 0.3) is 5.79 Å². The van der Waals surface area contributed by atoms with Gasteiger partial charge in [-0.25, -0.2) is 4.79 Å². The highest BCUT2D eigenvalue weighted by molar-refractivity contribution is 5.77. The van der Waals surface area contributed by atoms with Crippen LogP contribution in [0.25, 0.3) is 0 Å². The minimum Gasteiger partial charge on any atom is -0.477 e. The number of aliphatic carboxylic acids is 1. The number of rotatable bonds is 43. The lowest BCUT2D eigenvalue weighted by molar-refractivity contribution is -0.386. The lowest BCUT2D eigenvalue weighted by Gasteiger charge is -2.50. The Kier molecular flexibility index (Phi) is 35.8. The molecule has 0 bridgehead atoms. The van der Waals surface area contributed by atoms with Gasteiger partial charge in [-0.3, -0.25) is 9.59 Å². The van der Waals surface area contributed by atoms with E-state index in [1.54, 1.807) is 6.08 Å². The van der Waals surface area contributed by atoms with Gasteiger partial charge in [0.1, 0.15) is 67.1 Å². The van der Waals surface area contributed by atoms with Crippen LogP contribution >= 0.6 is 0 Å². The Bertz CT molecular complexity index is 1700. The van der Waals surface area contributed by atoms with E-state index in [1.807, 2.05) is 6.08 Å². The van der Waals surface area contributed by atoms with Crippen molar-refractivity contribution in [2.24, 2.45) is 0 Å². The largest absolute Gasteiger partial charge is 0.477 e. The van der Waals surface area contributed by atoms with Gasteiger partial charge < -0.3 is 100 Å². The third kappa shape index (κ3) is 24.2. The van der Waals surface area contributed by atoms with Gasteiger partial charge in [0.2, 0.25) is 11.8 Å². The molecule has 2 amide bonds. The fraction of sp³-hybridized carbons (Fsp3) is 0.912. The standard InChI is InChI=1S/C57H104N2O21/c1-4-6-8-10-12-14-15-16-17-18-19-20-21-23-25-27-29-31-44(67)59-38(39(64)30-28-26-24-22-13-11-9-7-5-2)36-75-54-49(71)48(70)51(43(35-62)77-54)78-55-50(72)53(47(69)42(34-61)76-55)80-57(56(73)74)32-40(65)45(58-37(3)63)52(79-57)46(68)41(66)33-60/h28,30,38-43,45-55,60-62,64-66,68-72H,4-27,29,31-36H2,1-3H3,(H,58,63)(H,59,67)(H,73,74)/b30-28+. The Hall–Kier alpha value is -2.53. The Morgan fingerprint density at radius 2 is 1.16 bits per heavy atom. The number of hydrogen-bond acceptors (Lipinski definition) is 20. The van der Waals surface area contributed by atoms with E-state index in [4.69, 9.17) is 28.4 Å². The SMILES string of the molecule is CCCCCCCCC/C=C/C(O)C(COC1OC(CO)C(OC2OC(CO)C(O)C(OC3(C(=O)O)CC(O)C(NC(C)=O)C(C(O)C(O)CO)O3)C2O)C(O)C1O)NC(=O)CCCCCCCCCCCCCCCCCCC. The fourth-order valence-electron chi connectivity index (χ4n) is 10.6. The van der Waals surface area contributed by atoms with Gasteiger partial charge in [0.15, 0.2) is 12.6 Å². The molecule has 0 radical (unpaired) electrons. The van der Waals surface area contributed by atoms with Crippen molar-refractivity contribution in [1.82, 2.24) is 10.6 Å². The molecule has 23 nitrogen and oxygen atoms in total. The maximum Gasteiger partial charge on any atom is 0.364 e. The molecule has 0 aliphatic carbocycles. The van der Waals surface area contributed by atoms with Crippen molar-refractivity contribution in [3.8, 4) is 0 Å². The highest BCUT2D eigenvalue weighted by Gasteiger charge is 2.60. The lowest BCUT2D eigenvalue weighted by atomic mass is 9.88. The summed E-state index contributed by atoms with van der Waals surface area (Å²) in [6.45, 7) is 2.06. The molecule has 3 rings (SSSR count). The van der Waals surface area contributed by atoms with Gasteiger partial charge in [0, 0.05) is 19.8 Å². The number of aliphatic hydroxyl groups excluding tert-OH is 11. The zero-order valence-corrected chi connectivity index (χ0v) is 47.9. The molecule has 3 saturated heterocycles. The number of carbonyl (C=O) groups is 3. The summed E-state index contributed by atoms with van der Waals surface area (Å²) in [5.74, 6) is -6.14. The average Bonchev–Trinajstić information content (AvgIpc) is 3.44. The first kappa shape index (κ1) is 71.7. The van der Waals surface area contributed by atoms with Crippen molar-refractivity contribution in [2.45, 2.75) is 304 Å². The number of allylic oxidation sites excluding steroid dienone is 1. The topological polar surface area (TPSA) is 373 Å². The Morgan fingerprint density at radius 1 is 0.650 bits per heavy atom. The first-order chi connectivity index (χ1) is 38.4. The average molecular weight is 1150 g/mol. The summed E-state index contributed by atoms with van der Waals surface area (Å²) in [5.41, 5.74) is 0. The van der Waals surface area contributed by atoms with Crippen molar-refractivity contribution in [2.75, 3.05) is 26.4 Å². The van der Waals surface area contributed by atoms with Crippen molar-refractivity contribution in [1.29, 1.82) is 0 Å². The summed E-state index contributed by atoms with van der Waals surface area (Å²) in [7, 11) is 0. The molecule has 23 heteroatoms. The van der Waals surface area contributed by atoms with Crippen LogP contribution in [0.15, 0.2) is 12.2 Å². The second-order valence-corrected chi connectivity index (χ2v) is 22.2. The number of hydrogen-bond donors (Lipinski definition) is 14. The number of ether oxygens (including phenoxy) is 6. The van der Waals surface area contributed by atoms with E-state index >= 15 is 0 Å². The third-order valence-electron chi connectivity index (χ3n) is 15.5.